The summed E-state index contributed by atoms with van der Waals surface area (Å²) in [4.78, 5) is 9.89. The highest BCUT2D eigenvalue weighted by atomic mass is 19.1. The number of rotatable bonds is 3. The third-order valence-electron chi connectivity index (χ3n) is 3.01. The van der Waals surface area contributed by atoms with Gasteiger partial charge in [-0.15, -0.1) is 0 Å². The van der Waals surface area contributed by atoms with Crippen LogP contribution >= 0.6 is 0 Å². The zero-order valence-corrected chi connectivity index (χ0v) is 10.1. The van der Waals surface area contributed by atoms with Crippen molar-refractivity contribution < 1.29 is 14.1 Å². The van der Waals surface area contributed by atoms with E-state index in [1.54, 1.807) is 0 Å². The van der Waals surface area contributed by atoms with Crippen LogP contribution in [-0.4, -0.2) is 23.7 Å². The van der Waals surface area contributed by atoms with Crippen molar-refractivity contribution >= 4 is 11.4 Å². The van der Waals surface area contributed by atoms with Gasteiger partial charge in [0, 0.05) is 18.7 Å². The van der Waals surface area contributed by atoms with E-state index in [-0.39, 0.29) is 17.8 Å². The normalized spacial score (nSPS) is 23.7. The fourth-order valence-corrected chi connectivity index (χ4v) is 2.08. The number of halogens is 1. The van der Waals surface area contributed by atoms with E-state index in [4.69, 9.17) is 4.74 Å². The van der Waals surface area contributed by atoms with Gasteiger partial charge in [0.15, 0.2) is 5.82 Å². The van der Waals surface area contributed by atoms with Crippen molar-refractivity contribution in [2.45, 2.75) is 31.9 Å². The number of anilines is 1. The summed E-state index contributed by atoms with van der Waals surface area (Å²) in [6.07, 6.45) is 1.76. The molecule has 98 valence electrons. The maximum atomic E-state index is 13.7. The first-order valence-corrected chi connectivity index (χ1v) is 5.88. The van der Waals surface area contributed by atoms with Crippen LogP contribution in [0.5, 0.6) is 0 Å². The Morgan fingerprint density at radius 1 is 1.56 bits per heavy atom. The number of hydrogen-bond donors (Lipinski definition) is 1. The van der Waals surface area contributed by atoms with Gasteiger partial charge in [-0.05, 0) is 25.8 Å². The van der Waals surface area contributed by atoms with Crippen molar-refractivity contribution in [3.05, 3.63) is 34.1 Å². The third kappa shape index (κ3) is 2.95. The van der Waals surface area contributed by atoms with E-state index in [9.17, 15) is 14.5 Å². The Labute approximate surface area is 104 Å². The molecule has 18 heavy (non-hydrogen) atoms. The molecule has 1 heterocycles. The van der Waals surface area contributed by atoms with Crippen molar-refractivity contribution in [3.63, 3.8) is 0 Å². The van der Waals surface area contributed by atoms with Crippen LogP contribution in [0, 0.1) is 15.9 Å². The van der Waals surface area contributed by atoms with E-state index in [0.717, 1.165) is 18.9 Å². The number of nitro benzene ring substituents is 1. The van der Waals surface area contributed by atoms with E-state index in [1.807, 2.05) is 6.92 Å². The van der Waals surface area contributed by atoms with Crippen LogP contribution in [0.4, 0.5) is 15.8 Å². The molecule has 0 saturated carbocycles. The molecule has 0 radical (unpaired) electrons. The van der Waals surface area contributed by atoms with Gasteiger partial charge in [0.2, 0.25) is 0 Å². The lowest BCUT2D eigenvalue weighted by Gasteiger charge is -2.28. The lowest BCUT2D eigenvalue weighted by molar-refractivity contribution is -0.385. The van der Waals surface area contributed by atoms with Gasteiger partial charge < -0.3 is 10.1 Å². The SMILES string of the molecule is CC1CC(Nc2ccc([N+](=O)[O-])cc2F)CCO1. The minimum Gasteiger partial charge on any atom is -0.380 e. The van der Waals surface area contributed by atoms with E-state index < -0.39 is 10.7 Å². The molecule has 6 heteroatoms. The Kier molecular flexibility index (Phi) is 3.76. The molecule has 1 fully saturated rings. The molecule has 5 nitrogen and oxygen atoms in total. The minimum atomic E-state index is -0.608. The van der Waals surface area contributed by atoms with Crippen molar-refractivity contribution in [2.24, 2.45) is 0 Å². The monoisotopic (exact) mass is 254 g/mol. The number of nitrogens with zero attached hydrogens (tertiary/aromatic N) is 1. The Balaban J connectivity index is 2.07. The lowest BCUT2D eigenvalue weighted by atomic mass is 10.0. The zero-order chi connectivity index (χ0) is 13.1. The number of nitrogens with one attached hydrogen (secondary N) is 1. The Morgan fingerprint density at radius 2 is 2.33 bits per heavy atom. The fourth-order valence-electron chi connectivity index (χ4n) is 2.08. The fraction of sp³-hybridized carbons (Fsp3) is 0.500. The summed E-state index contributed by atoms with van der Waals surface area (Å²) in [6.45, 7) is 2.62. The van der Waals surface area contributed by atoms with Crippen molar-refractivity contribution in [2.75, 3.05) is 11.9 Å². The van der Waals surface area contributed by atoms with E-state index >= 15 is 0 Å². The van der Waals surface area contributed by atoms with Crippen LogP contribution in [0.3, 0.4) is 0 Å². The molecule has 1 aliphatic rings. The van der Waals surface area contributed by atoms with E-state index in [0.29, 0.717) is 12.3 Å². The average molecular weight is 254 g/mol. The van der Waals surface area contributed by atoms with Crippen LogP contribution in [0.15, 0.2) is 18.2 Å². The highest BCUT2D eigenvalue weighted by molar-refractivity contribution is 5.50. The van der Waals surface area contributed by atoms with Gasteiger partial charge in [0.05, 0.1) is 22.8 Å². The number of non-ortho nitro benzene ring substituents is 1. The maximum Gasteiger partial charge on any atom is 0.272 e. The molecule has 1 aliphatic heterocycles. The van der Waals surface area contributed by atoms with Gasteiger partial charge >= 0.3 is 0 Å². The maximum absolute atomic E-state index is 13.7. The van der Waals surface area contributed by atoms with Gasteiger partial charge in [-0.2, -0.15) is 0 Å². The summed E-state index contributed by atoms with van der Waals surface area (Å²) in [6, 6.07) is 3.79. The van der Waals surface area contributed by atoms with Gasteiger partial charge in [-0.3, -0.25) is 10.1 Å². The molecule has 0 aliphatic carbocycles. The summed E-state index contributed by atoms with van der Waals surface area (Å²) < 4.78 is 19.1. The van der Waals surface area contributed by atoms with Crippen LogP contribution in [0.25, 0.3) is 0 Å². The first kappa shape index (κ1) is 12.8. The molecule has 2 atom stereocenters. The summed E-state index contributed by atoms with van der Waals surface area (Å²) in [5, 5.41) is 13.6. The quantitative estimate of drug-likeness (QED) is 0.665. The van der Waals surface area contributed by atoms with Gasteiger partial charge in [-0.25, -0.2) is 4.39 Å². The van der Waals surface area contributed by atoms with Crippen molar-refractivity contribution in [1.82, 2.24) is 0 Å². The number of benzene rings is 1. The number of hydrogen-bond acceptors (Lipinski definition) is 4. The molecule has 0 aromatic heterocycles. The van der Waals surface area contributed by atoms with E-state index in [2.05, 4.69) is 5.32 Å². The third-order valence-corrected chi connectivity index (χ3v) is 3.01. The average Bonchev–Trinajstić information content (AvgIpc) is 2.31. The second-order valence-electron chi connectivity index (χ2n) is 4.47. The van der Waals surface area contributed by atoms with Crippen LogP contribution in [-0.2, 0) is 4.74 Å². The molecular weight excluding hydrogens is 239 g/mol. The highest BCUT2D eigenvalue weighted by Gasteiger charge is 2.20. The van der Waals surface area contributed by atoms with Crippen molar-refractivity contribution in [3.8, 4) is 0 Å². The topological polar surface area (TPSA) is 64.4 Å². The zero-order valence-electron chi connectivity index (χ0n) is 10.1. The number of ether oxygens (including phenoxy) is 1. The number of nitro groups is 1. The first-order chi connectivity index (χ1) is 8.56. The molecule has 0 bridgehead atoms. The molecule has 2 unspecified atom stereocenters. The molecule has 1 aromatic rings. The van der Waals surface area contributed by atoms with E-state index in [1.165, 1.54) is 12.1 Å². The lowest BCUT2D eigenvalue weighted by Crippen LogP contribution is -2.32. The Hall–Kier alpha value is -1.69. The second kappa shape index (κ2) is 5.30. The summed E-state index contributed by atoms with van der Waals surface area (Å²) >= 11 is 0. The predicted octanol–water partition coefficient (Wildman–Crippen LogP) is 2.71. The second-order valence-corrected chi connectivity index (χ2v) is 4.47. The highest BCUT2D eigenvalue weighted by Crippen LogP contribution is 2.24. The molecular formula is C12H15FN2O3. The molecule has 2 rings (SSSR count). The first-order valence-electron chi connectivity index (χ1n) is 5.88. The standard InChI is InChI=1S/C12H15FN2O3/c1-8-6-9(4-5-18-8)14-12-3-2-10(15(16)17)7-11(12)13/h2-3,7-9,14H,4-6H2,1H3. The minimum absolute atomic E-state index is 0.143. The molecule has 0 spiro atoms. The van der Waals surface area contributed by atoms with Crippen molar-refractivity contribution in [1.29, 1.82) is 0 Å². The predicted molar refractivity (Wildman–Crippen MR) is 65.1 cm³/mol. The summed E-state index contributed by atoms with van der Waals surface area (Å²) in [5.74, 6) is -0.594. The largest absolute Gasteiger partial charge is 0.380 e. The summed E-state index contributed by atoms with van der Waals surface area (Å²) in [5.41, 5.74) is 0.0677. The molecule has 1 N–H and O–H groups in total. The Morgan fingerprint density at radius 3 is 2.94 bits per heavy atom. The summed E-state index contributed by atoms with van der Waals surface area (Å²) in [7, 11) is 0. The van der Waals surface area contributed by atoms with Crippen LogP contribution < -0.4 is 5.32 Å². The Bertz CT molecular complexity index is 453. The smallest absolute Gasteiger partial charge is 0.272 e. The van der Waals surface area contributed by atoms with Crippen LogP contribution in [0.1, 0.15) is 19.8 Å². The molecule has 1 aromatic carbocycles. The van der Waals surface area contributed by atoms with Gasteiger partial charge in [0.25, 0.3) is 5.69 Å². The molecule has 0 amide bonds. The van der Waals surface area contributed by atoms with Gasteiger partial charge in [0.1, 0.15) is 0 Å². The van der Waals surface area contributed by atoms with Crippen LogP contribution in [0.2, 0.25) is 0 Å². The molecule has 1 saturated heterocycles. The van der Waals surface area contributed by atoms with Gasteiger partial charge in [-0.1, -0.05) is 0 Å².